The smallest absolute Gasteiger partial charge is 0.320 e. The van der Waals surface area contributed by atoms with Crippen molar-refractivity contribution in [2.45, 2.75) is 83.3 Å². The number of amides is 3. The van der Waals surface area contributed by atoms with E-state index in [4.69, 9.17) is 0 Å². The quantitative estimate of drug-likeness (QED) is 0.372. The largest absolute Gasteiger partial charge is 0.338 e. The van der Waals surface area contributed by atoms with E-state index in [1.54, 1.807) is 13.0 Å². The fraction of sp³-hybridized carbons (Fsp3) is 0.622. The highest BCUT2D eigenvalue weighted by atomic mass is 19.3. The normalized spacial score (nSPS) is 23.2. The van der Waals surface area contributed by atoms with E-state index in [9.17, 15) is 23.6 Å². The molecule has 9 nitrogen and oxygen atoms in total. The van der Waals surface area contributed by atoms with Crippen LogP contribution in [0.2, 0.25) is 0 Å². The molecule has 0 spiro atoms. The molecule has 4 aliphatic heterocycles. The van der Waals surface area contributed by atoms with Crippen molar-refractivity contribution in [1.82, 2.24) is 29.5 Å². The molecule has 4 saturated heterocycles. The fourth-order valence-corrected chi connectivity index (χ4v) is 8.60. The van der Waals surface area contributed by atoms with Crippen molar-refractivity contribution in [1.29, 1.82) is 5.26 Å². The van der Waals surface area contributed by atoms with Crippen LogP contribution in [0.4, 0.5) is 13.6 Å². The second kappa shape index (κ2) is 14.5. The maximum Gasteiger partial charge on any atom is 0.320 e. The van der Waals surface area contributed by atoms with Gasteiger partial charge in [-0.25, -0.2) is 18.6 Å². The Kier molecular flexibility index (Phi) is 10.3. The van der Waals surface area contributed by atoms with E-state index in [1.165, 1.54) is 0 Å². The number of hydrogen-bond acceptors (Lipinski definition) is 6. The minimum Gasteiger partial charge on any atom is -0.338 e. The maximum absolute atomic E-state index is 14.1. The number of nitriles is 1. The van der Waals surface area contributed by atoms with Crippen LogP contribution in [0.1, 0.15) is 84.4 Å². The molecule has 0 saturated carbocycles. The molecule has 1 aromatic heterocycles. The number of likely N-dealkylation sites (tertiary alicyclic amines) is 3. The first-order valence-corrected chi connectivity index (χ1v) is 17.6. The van der Waals surface area contributed by atoms with E-state index in [0.29, 0.717) is 62.1 Å². The molecular formula is C37H49F2N7O2. The topological polar surface area (TPSA) is 87.0 Å². The standard InChI is InChI=1S/C37H49F2N7O2/c1-26-21-30(22-40)41-27(2)34(26)35(47)43-19-13-37(3,14-20-43)45-17-11-31(12-18-45)46-32(29-7-5-4-6-8-29)24-44(36(46)48)23-28-9-15-42(16-10-28)25-33(38)39/h4-8,21,28,31-33H,9-20,23-25H2,1-3H3/t32-/m0/s1. The van der Waals surface area contributed by atoms with E-state index in [0.717, 1.165) is 62.7 Å². The number of aryl methyl sites for hydroxylation is 2. The Morgan fingerprint density at radius 2 is 1.69 bits per heavy atom. The van der Waals surface area contributed by atoms with Crippen LogP contribution in [0.15, 0.2) is 36.4 Å². The zero-order valence-electron chi connectivity index (χ0n) is 28.6. The van der Waals surface area contributed by atoms with E-state index >= 15 is 0 Å². The predicted octanol–water partition coefficient (Wildman–Crippen LogP) is 5.49. The number of nitrogens with zero attached hydrogens (tertiary/aromatic N) is 7. The maximum atomic E-state index is 14.1. The van der Waals surface area contributed by atoms with Crippen LogP contribution in [0, 0.1) is 31.1 Å². The van der Waals surface area contributed by atoms with E-state index in [2.05, 4.69) is 39.9 Å². The molecule has 2 aromatic rings. The monoisotopic (exact) mass is 661 g/mol. The van der Waals surface area contributed by atoms with Crippen molar-refractivity contribution in [3.63, 3.8) is 0 Å². The molecule has 1 aromatic carbocycles. The highest BCUT2D eigenvalue weighted by Crippen LogP contribution is 2.38. The summed E-state index contributed by atoms with van der Waals surface area (Å²) >= 11 is 0. The molecular weight excluding hydrogens is 612 g/mol. The highest BCUT2D eigenvalue weighted by Gasteiger charge is 2.45. The zero-order valence-corrected chi connectivity index (χ0v) is 28.6. The Morgan fingerprint density at radius 3 is 2.29 bits per heavy atom. The van der Waals surface area contributed by atoms with E-state index in [1.807, 2.05) is 39.8 Å². The Bertz CT molecular complexity index is 1470. The molecule has 0 bridgehead atoms. The first-order chi connectivity index (χ1) is 23.1. The Balaban J connectivity index is 1.07. The van der Waals surface area contributed by atoms with Crippen molar-refractivity contribution in [3.05, 3.63) is 64.5 Å². The number of carbonyl (C=O) groups is 2. The number of carbonyl (C=O) groups excluding carboxylic acids is 2. The molecule has 5 heterocycles. The van der Waals surface area contributed by atoms with Gasteiger partial charge in [0, 0.05) is 50.8 Å². The third kappa shape index (κ3) is 7.20. The van der Waals surface area contributed by atoms with Gasteiger partial charge in [-0.15, -0.1) is 0 Å². The molecule has 4 fully saturated rings. The number of rotatable bonds is 8. The molecule has 1 atom stereocenters. The first kappa shape index (κ1) is 34.3. The summed E-state index contributed by atoms with van der Waals surface area (Å²) in [4.78, 5) is 42.5. The zero-order chi connectivity index (χ0) is 34.0. The van der Waals surface area contributed by atoms with Crippen LogP contribution in [-0.2, 0) is 0 Å². The summed E-state index contributed by atoms with van der Waals surface area (Å²) in [6, 6.07) is 14.4. The fourth-order valence-electron chi connectivity index (χ4n) is 8.60. The summed E-state index contributed by atoms with van der Waals surface area (Å²) in [5.74, 6) is 0.324. The van der Waals surface area contributed by atoms with Crippen molar-refractivity contribution >= 4 is 11.9 Å². The third-order valence-electron chi connectivity index (χ3n) is 11.5. The van der Waals surface area contributed by atoms with Gasteiger partial charge in [-0.3, -0.25) is 14.6 Å². The van der Waals surface area contributed by atoms with Gasteiger partial charge in [0.15, 0.2) is 0 Å². The molecule has 0 aliphatic carbocycles. The summed E-state index contributed by atoms with van der Waals surface area (Å²) in [5, 5.41) is 9.25. The lowest BCUT2D eigenvalue weighted by Crippen LogP contribution is -2.58. The molecule has 0 N–H and O–H groups in total. The number of halogens is 2. The summed E-state index contributed by atoms with van der Waals surface area (Å²) < 4.78 is 25.8. The minimum atomic E-state index is -2.31. The van der Waals surface area contributed by atoms with Gasteiger partial charge in [-0.1, -0.05) is 30.3 Å². The summed E-state index contributed by atoms with van der Waals surface area (Å²) in [6.07, 6.45) is 2.95. The molecule has 0 radical (unpaired) electrons. The molecule has 11 heteroatoms. The molecule has 3 amide bonds. The predicted molar refractivity (Wildman–Crippen MR) is 180 cm³/mol. The number of aromatic nitrogens is 1. The van der Waals surface area contributed by atoms with Crippen molar-refractivity contribution in [2.24, 2.45) is 5.92 Å². The van der Waals surface area contributed by atoms with Gasteiger partial charge < -0.3 is 14.7 Å². The SMILES string of the molecule is Cc1cc(C#N)nc(C)c1C(=O)N1CCC(C)(N2CCC(N3C(=O)N(CC4CCN(CC(F)F)CC4)C[C@H]3c3ccccc3)CC2)CC1. The number of alkyl halides is 2. The number of urea groups is 1. The van der Waals surface area contributed by atoms with Crippen LogP contribution in [0.5, 0.6) is 0 Å². The molecule has 258 valence electrons. The van der Waals surface area contributed by atoms with Crippen LogP contribution in [-0.4, -0.2) is 118 Å². The van der Waals surface area contributed by atoms with Crippen LogP contribution < -0.4 is 0 Å². The number of pyridine rings is 1. The van der Waals surface area contributed by atoms with Crippen molar-refractivity contribution in [2.75, 3.05) is 58.9 Å². The molecule has 0 unspecified atom stereocenters. The van der Waals surface area contributed by atoms with Crippen LogP contribution >= 0.6 is 0 Å². The summed E-state index contributed by atoms with van der Waals surface area (Å²) in [5.41, 5.74) is 3.47. The lowest BCUT2D eigenvalue weighted by Gasteiger charge is -2.50. The van der Waals surface area contributed by atoms with Gasteiger partial charge in [0.25, 0.3) is 12.3 Å². The van der Waals surface area contributed by atoms with Gasteiger partial charge in [-0.2, -0.15) is 5.26 Å². The van der Waals surface area contributed by atoms with Gasteiger partial charge in [-0.05, 0) is 95.5 Å². The van der Waals surface area contributed by atoms with Gasteiger partial charge in [0.05, 0.1) is 23.8 Å². The third-order valence-corrected chi connectivity index (χ3v) is 11.5. The molecule has 48 heavy (non-hydrogen) atoms. The Morgan fingerprint density at radius 1 is 1.02 bits per heavy atom. The highest BCUT2D eigenvalue weighted by molar-refractivity contribution is 5.96. The summed E-state index contributed by atoms with van der Waals surface area (Å²) in [7, 11) is 0. The van der Waals surface area contributed by atoms with Gasteiger partial charge in [0.2, 0.25) is 0 Å². The second-order valence-corrected chi connectivity index (χ2v) is 14.6. The first-order valence-electron chi connectivity index (χ1n) is 17.6. The lowest BCUT2D eigenvalue weighted by molar-refractivity contribution is 0.00489. The number of benzene rings is 1. The lowest BCUT2D eigenvalue weighted by atomic mass is 9.85. The second-order valence-electron chi connectivity index (χ2n) is 14.6. The average Bonchev–Trinajstić information content (AvgIpc) is 3.40. The van der Waals surface area contributed by atoms with Gasteiger partial charge >= 0.3 is 6.03 Å². The number of piperidine rings is 3. The van der Waals surface area contributed by atoms with Crippen molar-refractivity contribution < 1.29 is 18.4 Å². The Hall–Kier alpha value is -3.62. The molecule has 6 rings (SSSR count). The summed E-state index contributed by atoms with van der Waals surface area (Å²) in [6.45, 7) is 11.7. The number of hydrogen-bond donors (Lipinski definition) is 0. The minimum absolute atomic E-state index is 0.00244. The van der Waals surface area contributed by atoms with Gasteiger partial charge in [0.1, 0.15) is 11.8 Å². The average molecular weight is 662 g/mol. The van der Waals surface area contributed by atoms with E-state index in [-0.39, 0.29) is 36.1 Å². The van der Waals surface area contributed by atoms with Crippen LogP contribution in [0.25, 0.3) is 0 Å². The van der Waals surface area contributed by atoms with E-state index < -0.39 is 6.43 Å². The van der Waals surface area contributed by atoms with Crippen molar-refractivity contribution in [3.8, 4) is 6.07 Å². The Labute approximate surface area is 283 Å². The molecule has 4 aliphatic rings. The van der Waals surface area contributed by atoms with Crippen LogP contribution in [0.3, 0.4) is 0 Å².